The molecule has 0 aliphatic rings. The van der Waals surface area contributed by atoms with E-state index in [1.54, 1.807) is 42.1 Å². The second-order valence-corrected chi connectivity index (χ2v) is 6.24. The van der Waals surface area contributed by atoms with E-state index in [-0.39, 0.29) is 6.54 Å². The molecule has 2 N–H and O–H groups in total. The number of carbonyl (C=O) groups excluding carboxylic acids is 3. The fraction of sp³-hybridized carbons (Fsp3) is 0.211. The van der Waals surface area contributed by atoms with Crippen LogP contribution >= 0.6 is 11.8 Å². The molecule has 0 saturated carbocycles. The third-order valence-corrected chi connectivity index (χ3v) is 4.17. The second-order valence-electron chi connectivity index (χ2n) is 5.36. The van der Waals surface area contributed by atoms with Gasteiger partial charge in [0.1, 0.15) is 12.3 Å². The Hall–Kier alpha value is -3.00. The van der Waals surface area contributed by atoms with Crippen LogP contribution in [0.1, 0.15) is 10.4 Å². The molecule has 7 nitrogen and oxygen atoms in total. The third kappa shape index (κ3) is 6.67. The lowest BCUT2D eigenvalue weighted by molar-refractivity contribution is -0.146. The molecule has 27 heavy (non-hydrogen) atoms. The normalized spacial score (nSPS) is 10.0. The average Bonchev–Trinajstić information content (AvgIpc) is 2.70. The highest BCUT2D eigenvalue weighted by molar-refractivity contribution is 7.98. The van der Waals surface area contributed by atoms with Gasteiger partial charge in [0, 0.05) is 16.1 Å². The first-order valence-electron chi connectivity index (χ1n) is 8.03. The van der Waals surface area contributed by atoms with E-state index < -0.39 is 24.4 Å². The number of ether oxygens (including phenoxy) is 2. The largest absolute Gasteiger partial charge is 0.497 e. The Kier molecular flexibility index (Phi) is 7.69. The van der Waals surface area contributed by atoms with Crippen molar-refractivity contribution < 1.29 is 23.9 Å². The lowest BCUT2D eigenvalue weighted by Gasteiger charge is -2.09. The molecule has 0 heterocycles. The fourth-order valence-corrected chi connectivity index (χ4v) is 2.57. The second kappa shape index (κ2) is 10.2. The van der Waals surface area contributed by atoms with Crippen molar-refractivity contribution in [2.45, 2.75) is 4.90 Å². The van der Waals surface area contributed by atoms with E-state index in [9.17, 15) is 14.4 Å². The molecule has 8 heteroatoms. The average molecular weight is 388 g/mol. The number of hydrogen-bond acceptors (Lipinski definition) is 6. The maximum absolute atomic E-state index is 12.0. The zero-order valence-electron chi connectivity index (χ0n) is 15.0. The summed E-state index contributed by atoms with van der Waals surface area (Å²) in [6.45, 7) is -0.775. The number of benzene rings is 2. The van der Waals surface area contributed by atoms with Crippen LogP contribution in [0.2, 0.25) is 0 Å². The number of esters is 1. The quantitative estimate of drug-likeness (QED) is 0.533. The number of thioether (sulfide) groups is 1. The summed E-state index contributed by atoms with van der Waals surface area (Å²) < 4.78 is 9.91. The van der Waals surface area contributed by atoms with Gasteiger partial charge in [-0.1, -0.05) is 12.1 Å². The Balaban J connectivity index is 1.75. The third-order valence-electron chi connectivity index (χ3n) is 3.44. The van der Waals surface area contributed by atoms with Gasteiger partial charge in [0.05, 0.1) is 7.11 Å². The number of carbonyl (C=O) groups is 3. The predicted octanol–water partition coefficient (Wildman–Crippen LogP) is 2.33. The SMILES string of the molecule is COc1cccc(C(=O)NCC(=O)OCC(=O)Nc2cccc(SC)c2)c1. The van der Waals surface area contributed by atoms with Crippen molar-refractivity contribution in [1.29, 1.82) is 0 Å². The summed E-state index contributed by atoms with van der Waals surface area (Å²) >= 11 is 1.55. The van der Waals surface area contributed by atoms with E-state index in [0.29, 0.717) is 17.0 Å². The van der Waals surface area contributed by atoms with E-state index in [1.165, 1.54) is 7.11 Å². The summed E-state index contributed by atoms with van der Waals surface area (Å²) in [6.07, 6.45) is 1.93. The van der Waals surface area contributed by atoms with Gasteiger partial charge in [-0.05, 0) is 42.7 Å². The van der Waals surface area contributed by atoms with Crippen LogP contribution in [-0.2, 0) is 14.3 Å². The molecule has 2 rings (SSSR count). The van der Waals surface area contributed by atoms with Crippen molar-refractivity contribution in [3.05, 3.63) is 54.1 Å². The smallest absolute Gasteiger partial charge is 0.325 e. The van der Waals surface area contributed by atoms with Gasteiger partial charge in [-0.3, -0.25) is 14.4 Å². The van der Waals surface area contributed by atoms with Crippen LogP contribution in [0.3, 0.4) is 0 Å². The molecule has 0 radical (unpaired) electrons. The molecule has 2 amide bonds. The Morgan fingerprint density at radius 3 is 2.59 bits per heavy atom. The number of amides is 2. The van der Waals surface area contributed by atoms with Crippen molar-refractivity contribution >= 4 is 35.2 Å². The summed E-state index contributed by atoms with van der Waals surface area (Å²) in [6, 6.07) is 13.8. The number of methoxy groups -OCH3 is 1. The molecule has 2 aromatic carbocycles. The van der Waals surface area contributed by atoms with Gasteiger partial charge in [-0.25, -0.2) is 0 Å². The van der Waals surface area contributed by atoms with Crippen LogP contribution in [0.5, 0.6) is 5.75 Å². The molecule has 2 aromatic rings. The van der Waals surface area contributed by atoms with Crippen molar-refractivity contribution in [3.63, 3.8) is 0 Å². The predicted molar refractivity (Wildman–Crippen MR) is 103 cm³/mol. The van der Waals surface area contributed by atoms with Crippen LogP contribution in [0, 0.1) is 0 Å². The summed E-state index contributed by atoms with van der Waals surface area (Å²) in [4.78, 5) is 36.6. The number of nitrogens with one attached hydrogen (secondary N) is 2. The summed E-state index contributed by atoms with van der Waals surface area (Å²) in [5.74, 6) is -1.07. The molecule has 0 saturated heterocycles. The van der Waals surface area contributed by atoms with Crippen LogP contribution < -0.4 is 15.4 Å². The van der Waals surface area contributed by atoms with Crippen molar-refractivity contribution in [2.24, 2.45) is 0 Å². The Morgan fingerprint density at radius 1 is 1.07 bits per heavy atom. The Bertz CT molecular complexity index is 825. The molecule has 0 aliphatic heterocycles. The molecule has 0 spiro atoms. The lowest BCUT2D eigenvalue weighted by Crippen LogP contribution is -2.32. The first-order chi connectivity index (χ1) is 13.0. The van der Waals surface area contributed by atoms with Gasteiger partial charge in [0.15, 0.2) is 6.61 Å². The minimum absolute atomic E-state index is 0.342. The minimum Gasteiger partial charge on any atom is -0.497 e. The van der Waals surface area contributed by atoms with E-state index in [2.05, 4.69) is 10.6 Å². The van der Waals surface area contributed by atoms with Crippen molar-refractivity contribution in [3.8, 4) is 5.75 Å². The molecule has 0 bridgehead atoms. The number of hydrogen-bond donors (Lipinski definition) is 2. The van der Waals surface area contributed by atoms with E-state index >= 15 is 0 Å². The van der Waals surface area contributed by atoms with Crippen molar-refractivity contribution in [2.75, 3.05) is 31.8 Å². The highest BCUT2D eigenvalue weighted by Gasteiger charge is 2.11. The topological polar surface area (TPSA) is 93.7 Å². The monoisotopic (exact) mass is 388 g/mol. The number of rotatable bonds is 8. The van der Waals surface area contributed by atoms with Gasteiger partial charge in [0.25, 0.3) is 11.8 Å². The maximum Gasteiger partial charge on any atom is 0.325 e. The molecule has 0 fully saturated rings. The van der Waals surface area contributed by atoms with Gasteiger partial charge in [-0.2, -0.15) is 0 Å². The molecule has 0 unspecified atom stereocenters. The van der Waals surface area contributed by atoms with Crippen LogP contribution in [0.4, 0.5) is 5.69 Å². The van der Waals surface area contributed by atoms with Crippen molar-refractivity contribution in [1.82, 2.24) is 5.32 Å². The highest BCUT2D eigenvalue weighted by Crippen LogP contribution is 2.18. The van der Waals surface area contributed by atoms with Crippen LogP contribution in [-0.4, -0.2) is 44.3 Å². The summed E-state index contributed by atoms with van der Waals surface area (Å²) in [5.41, 5.74) is 0.975. The Morgan fingerprint density at radius 2 is 1.85 bits per heavy atom. The summed E-state index contributed by atoms with van der Waals surface area (Å²) in [7, 11) is 1.50. The standard InChI is InChI=1S/C19H20N2O5S/c1-25-15-7-3-5-13(9-15)19(24)20-11-18(23)26-12-17(22)21-14-6-4-8-16(10-14)27-2/h3-10H,11-12H2,1-2H3,(H,20,24)(H,21,22). The van der Waals surface area contributed by atoms with E-state index in [1.807, 2.05) is 24.5 Å². The first-order valence-corrected chi connectivity index (χ1v) is 9.26. The van der Waals surface area contributed by atoms with Crippen LogP contribution in [0.25, 0.3) is 0 Å². The first kappa shape index (κ1) is 20.3. The highest BCUT2D eigenvalue weighted by atomic mass is 32.2. The van der Waals surface area contributed by atoms with Gasteiger partial charge >= 0.3 is 5.97 Å². The van der Waals surface area contributed by atoms with Gasteiger partial charge in [-0.15, -0.1) is 11.8 Å². The fourth-order valence-electron chi connectivity index (χ4n) is 2.11. The summed E-state index contributed by atoms with van der Waals surface area (Å²) in [5, 5.41) is 5.08. The molecule has 0 aromatic heterocycles. The molecule has 142 valence electrons. The van der Waals surface area contributed by atoms with E-state index in [4.69, 9.17) is 9.47 Å². The molecular formula is C19H20N2O5S. The van der Waals surface area contributed by atoms with Gasteiger partial charge in [0.2, 0.25) is 0 Å². The number of anilines is 1. The Labute approximate surface area is 161 Å². The molecular weight excluding hydrogens is 368 g/mol. The zero-order chi connectivity index (χ0) is 19.6. The lowest BCUT2D eigenvalue weighted by atomic mass is 10.2. The van der Waals surface area contributed by atoms with E-state index in [0.717, 1.165) is 4.90 Å². The van der Waals surface area contributed by atoms with Gasteiger partial charge < -0.3 is 20.1 Å². The minimum atomic E-state index is -0.709. The maximum atomic E-state index is 12.0. The molecule has 0 aliphatic carbocycles. The molecule has 0 atom stereocenters. The van der Waals surface area contributed by atoms with Crippen LogP contribution in [0.15, 0.2) is 53.4 Å². The zero-order valence-corrected chi connectivity index (χ0v) is 15.8.